The first kappa shape index (κ1) is 26.2. The van der Waals surface area contributed by atoms with Crippen LogP contribution in [0.5, 0.6) is 5.75 Å². The van der Waals surface area contributed by atoms with Crippen molar-refractivity contribution in [1.82, 2.24) is 10.6 Å². The van der Waals surface area contributed by atoms with E-state index in [9.17, 15) is 14.4 Å². The summed E-state index contributed by atoms with van der Waals surface area (Å²) in [6, 6.07) is 14.9. The van der Waals surface area contributed by atoms with Crippen molar-refractivity contribution in [3.63, 3.8) is 0 Å². The number of nitrogens with one attached hydrogen (secondary N) is 2. The van der Waals surface area contributed by atoms with Gasteiger partial charge in [0, 0.05) is 6.42 Å². The van der Waals surface area contributed by atoms with E-state index in [1.54, 1.807) is 46.9 Å². The first-order valence-corrected chi connectivity index (χ1v) is 11.6. The minimum Gasteiger partial charge on any atom is -0.497 e. The van der Waals surface area contributed by atoms with Crippen LogP contribution in [0.1, 0.15) is 38.8 Å². The summed E-state index contributed by atoms with van der Waals surface area (Å²) in [4.78, 5) is 39.1. The Kier molecular flexibility index (Phi) is 8.17. The minimum atomic E-state index is -0.961. The third-order valence-electron chi connectivity index (χ3n) is 5.62. The zero-order valence-corrected chi connectivity index (χ0v) is 20.9. The predicted molar refractivity (Wildman–Crippen MR) is 131 cm³/mol. The molecular weight excluding hydrogens is 448 g/mol. The molecule has 0 unspecified atom stereocenters. The number of hydrogen-bond donors (Lipinski definition) is 2. The van der Waals surface area contributed by atoms with Crippen LogP contribution in [0, 0.1) is 0 Å². The van der Waals surface area contributed by atoms with Gasteiger partial charge in [0.25, 0.3) is 0 Å². The average molecular weight is 483 g/mol. The molecule has 1 heterocycles. The highest BCUT2D eigenvalue weighted by Gasteiger charge is 2.50. The zero-order valence-electron chi connectivity index (χ0n) is 20.9. The molecule has 0 aliphatic carbocycles. The van der Waals surface area contributed by atoms with Gasteiger partial charge in [-0.1, -0.05) is 42.5 Å². The fourth-order valence-corrected chi connectivity index (χ4v) is 3.61. The topological polar surface area (TPSA) is 106 Å². The summed E-state index contributed by atoms with van der Waals surface area (Å²) < 4.78 is 15.9. The maximum atomic E-state index is 13.4. The number of alkyl carbamates (subject to hydrolysis) is 1. The number of epoxide rings is 1. The van der Waals surface area contributed by atoms with Gasteiger partial charge in [0.2, 0.25) is 5.91 Å². The Labute approximate surface area is 206 Å². The van der Waals surface area contributed by atoms with Gasteiger partial charge >= 0.3 is 6.09 Å². The van der Waals surface area contributed by atoms with Crippen LogP contribution in [0.2, 0.25) is 0 Å². The van der Waals surface area contributed by atoms with E-state index in [-0.39, 0.29) is 12.2 Å². The Balaban J connectivity index is 1.80. The van der Waals surface area contributed by atoms with Crippen molar-refractivity contribution in [3.05, 3.63) is 65.7 Å². The molecule has 2 N–H and O–H groups in total. The SMILES string of the molecule is COc1ccc(C[C@H](NC(=O)OC(C)(C)C)C(=O)N[C@@H](Cc2ccccc2)C(=O)[C@@]2(C)CO2)cc1. The lowest BCUT2D eigenvalue weighted by Gasteiger charge is -2.26. The van der Waals surface area contributed by atoms with E-state index in [2.05, 4.69) is 10.6 Å². The lowest BCUT2D eigenvalue weighted by Crippen LogP contribution is -2.55. The lowest BCUT2D eigenvalue weighted by molar-refractivity contribution is -0.131. The maximum absolute atomic E-state index is 13.4. The van der Waals surface area contributed by atoms with Crippen molar-refractivity contribution in [1.29, 1.82) is 0 Å². The van der Waals surface area contributed by atoms with Crippen LogP contribution in [-0.2, 0) is 31.9 Å². The number of rotatable bonds is 10. The maximum Gasteiger partial charge on any atom is 0.408 e. The summed E-state index contributed by atoms with van der Waals surface area (Å²) in [5, 5.41) is 5.53. The minimum absolute atomic E-state index is 0.199. The molecule has 3 rings (SSSR count). The number of hydrogen-bond acceptors (Lipinski definition) is 6. The number of amides is 2. The van der Waals surface area contributed by atoms with E-state index in [0.717, 1.165) is 11.1 Å². The third kappa shape index (κ3) is 7.82. The molecule has 8 heteroatoms. The van der Waals surface area contributed by atoms with Crippen LogP contribution in [0.25, 0.3) is 0 Å². The second kappa shape index (κ2) is 10.9. The number of Topliss-reactive ketones (excluding diaryl/α,β-unsaturated/α-hetero) is 1. The van der Waals surface area contributed by atoms with E-state index in [1.165, 1.54) is 0 Å². The van der Waals surface area contributed by atoms with Gasteiger partial charge in [0.15, 0.2) is 5.78 Å². The first-order valence-electron chi connectivity index (χ1n) is 11.6. The summed E-state index contributed by atoms with van der Waals surface area (Å²) in [5.41, 5.74) is 0.0822. The smallest absolute Gasteiger partial charge is 0.408 e. The van der Waals surface area contributed by atoms with Gasteiger partial charge in [0.1, 0.15) is 23.0 Å². The van der Waals surface area contributed by atoms with Gasteiger partial charge in [-0.15, -0.1) is 0 Å². The van der Waals surface area contributed by atoms with E-state index in [1.807, 2.05) is 42.5 Å². The second-order valence-corrected chi connectivity index (χ2v) is 9.89. The van der Waals surface area contributed by atoms with Crippen molar-refractivity contribution >= 4 is 17.8 Å². The first-order chi connectivity index (χ1) is 16.5. The predicted octanol–water partition coefficient (Wildman–Crippen LogP) is 3.22. The molecule has 2 aromatic carbocycles. The highest BCUT2D eigenvalue weighted by molar-refractivity contribution is 5.98. The van der Waals surface area contributed by atoms with Gasteiger partial charge in [0.05, 0.1) is 19.8 Å². The normalized spacial score (nSPS) is 18.7. The molecule has 188 valence electrons. The number of carbonyl (C=O) groups is 3. The number of ether oxygens (including phenoxy) is 3. The summed E-state index contributed by atoms with van der Waals surface area (Å²) >= 11 is 0. The van der Waals surface area contributed by atoms with E-state index in [4.69, 9.17) is 14.2 Å². The van der Waals surface area contributed by atoms with Crippen LogP contribution in [0.3, 0.4) is 0 Å². The molecule has 35 heavy (non-hydrogen) atoms. The number of carbonyl (C=O) groups excluding carboxylic acids is 3. The molecule has 0 saturated carbocycles. The van der Waals surface area contributed by atoms with Crippen molar-refractivity contribution < 1.29 is 28.6 Å². The Hall–Kier alpha value is -3.39. The fourth-order valence-electron chi connectivity index (χ4n) is 3.61. The third-order valence-corrected chi connectivity index (χ3v) is 5.62. The molecule has 0 aromatic heterocycles. The molecular formula is C27H34N2O6. The molecule has 8 nitrogen and oxygen atoms in total. The molecule has 0 bridgehead atoms. The standard InChI is InChI=1S/C27H34N2O6/c1-26(2,3)35-25(32)29-22(16-19-11-13-20(33-5)14-12-19)24(31)28-21(23(30)27(4)17-34-27)15-18-9-7-6-8-10-18/h6-14,21-22H,15-17H2,1-5H3,(H,28,31)(H,29,32)/t21-,22-,27+/m0/s1. The van der Waals surface area contributed by atoms with Crippen LogP contribution >= 0.6 is 0 Å². The molecule has 0 radical (unpaired) electrons. The Morgan fingerprint density at radius 1 is 0.943 bits per heavy atom. The van der Waals surface area contributed by atoms with Gasteiger partial charge in [-0.05, 0) is 57.4 Å². The summed E-state index contributed by atoms with van der Waals surface area (Å²) in [6.07, 6.45) is -0.198. The van der Waals surface area contributed by atoms with Crippen molar-refractivity contribution in [3.8, 4) is 5.75 Å². The number of ketones is 1. The Morgan fingerprint density at radius 2 is 1.51 bits per heavy atom. The van der Waals surface area contributed by atoms with Crippen LogP contribution in [0.4, 0.5) is 4.79 Å². The Bertz CT molecular complexity index is 1030. The highest BCUT2D eigenvalue weighted by Crippen LogP contribution is 2.29. The van der Waals surface area contributed by atoms with E-state index >= 15 is 0 Å². The summed E-state index contributed by atoms with van der Waals surface area (Å²) in [6.45, 7) is 7.27. The van der Waals surface area contributed by atoms with E-state index in [0.29, 0.717) is 18.8 Å². The van der Waals surface area contributed by atoms with Crippen molar-refractivity contribution in [2.45, 2.75) is 63.8 Å². The molecule has 1 saturated heterocycles. The van der Waals surface area contributed by atoms with Gasteiger partial charge in [-0.3, -0.25) is 9.59 Å². The average Bonchev–Trinajstić information content (AvgIpc) is 3.56. The largest absolute Gasteiger partial charge is 0.497 e. The van der Waals surface area contributed by atoms with Gasteiger partial charge in [-0.25, -0.2) is 4.79 Å². The van der Waals surface area contributed by atoms with Crippen molar-refractivity contribution in [2.75, 3.05) is 13.7 Å². The van der Waals surface area contributed by atoms with Crippen molar-refractivity contribution in [2.24, 2.45) is 0 Å². The lowest BCUT2D eigenvalue weighted by atomic mass is 9.94. The molecule has 2 aromatic rings. The summed E-state index contributed by atoms with van der Waals surface area (Å²) in [7, 11) is 1.57. The number of methoxy groups -OCH3 is 1. The summed E-state index contributed by atoms with van der Waals surface area (Å²) in [5.74, 6) is 0.00132. The molecule has 3 atom stereocenters. The fraction of sp³-hybridized carbons (Fsp3) is 0.444. The number of benzene rings is 2. The highest BCUT2D eigenvalue weighted by atomic mass is 16.6. The molecule has 1 aliphatic heterocycles. The second-order valence-electron chi connectivity index (χ2n) is 9.89. The van der Waals surface area contributed by atoms with Crippen LogP contribution in [0.15, 0.2) is 54.6 Å². The zero-order chi connectivity index (χ0) is 25.6. The molecule has 0 spiro atoms. The Morgan fingerprint density at radius 3 is 2.06 bits per heavy atom. The molecule has 1 fully saturated rings. The van der Waals surface area contributed by atoms with Gasteiger partial charge < -0.3 is 24.8 Å². The molecule has 1 aliphatic rings. The van der Waals surface area contributed by atoms with E-state index < -0.39 is 35.3 Å². The van der Waals surface area contributed by atoms with Crippen LogP contribution in [-0.4, -0.2) is 54.8 Å². The quantitative estimate of drug-likeness (QED) is 0.504. The van der Waals surface area contributed by atoms with Crippen LogP contribution < -0.4 is 15.4 Å². The van der Waals surface area contributed by atoms with Gasteiger partial charge in [-0.2, -0.15) is 0 Å². The molecule has 2 amide bonds. The monoisotopic (exact) mass is 482 g/mol.